The molecule has 82 valence electrons. The van der Waals surface area contributed by atoms with Crippen molar-refractivity contribution >= 4 is 5.97 Å². The molecule has 0 N–H and O–H groups in total. The van der Waals surface area contributed by atoms with Crippen molar-refractivity contribution < 1.29 is 14.4 Å². The number of carboxylic acid groups (broad SMARTS) is 1. The van der Waals surface area contributed by atoms with Crippen molar-refractivity contribution in [1.29, 1.82) is 0 Å². The van der Waals surface area contributed by atoms with E-state index >= 15 is 0 Å². The molecular weight excluding hydrogens is 178 g/mol. The number of carbonyl (C=O) groups is 1. The molecule has 0 aliphatic carbocycles. The Balaban J connectivity index is 4.06. The average Bonchev–Trinajstić information content (AvgIpc) is 2.17. The van der Waals surface area contributed by atoms with Gasteiger partial charge in [0.2, 0.25) is 0 Å². The van der Waals surface area contributed by atoms with Crippen LogP contribution in [0.4, 0.5) is 0 Å². The first-order valence-corrected chi connectivity index (χ1v) is 5.17. The summed E-state index contributed by atoms with van der Waals surface area (Å²) in [5, 5.41) is 10.4. The highest BCUT2D eigenvalue weighted by Gasteiger charge is 2.14. The normalized spacial score (nSPS) is 13.0. The lowest BCUT2D eigenvalue weighted by Crippen LogP contribution is -2.44. The molecule has 0 rings (SSSR count). The van der Waals surface area contributed by atoms with Crippen LogP contribution in [0.3, 0.4) is 0 Å². The van der Waals surface area contributed by atoms with Crippen molar-refractivity contribution in [1.82, 2.24) is 0 Å². The monoisotopic (exact) mass is 199 g/mol. The summed E-state index contributed by atoms with van der Waals surface area (Å²) in [6.45, 7) is 9.02. The summed E-state index contributed by atoms with van der Waals surface area (Å²) in [5.74, 6) is -1.06. The first-order valence-electron chi connectivity index (χ1n) is 5.17. The van der Waals surface area contributed by atoms with Crippen LogP contribution in [-0.4, -0.2) is 37.1 Å². The number of hydrogen-bond acceptors (Lipinski definition) is 2. The number of carbonyl (C=O) groups excluding carboxylic acids is 1. The van der Waals surface area contributed by atoms with E-state index in [0.717, 1.165) is 30.5 Å². The molecule has 0 bridgehead atoms. The van der Waals surface area contributed by atoms with Crippen LogP contribution in [-0.2, 0) is 4.79 Å². The van der Waals surface area contributed by atoms with Gasteiger partial charge >= 0.3 is 0 Å². The summed E-state index contributed by atoms with van der Waals surface area (Å²) in [5.41, 5.74) is 0.337. The van der Waals surface area contributed by atoms with Gasteiger partial charge in [0, 0.05) is 6.42 Å². The fourth-order valence-electron chi connectivity index (χ4n) is 1.22. The summed E-state index contributed by atoms with van der Waals surface area (Å²) in [6.07, 6.45) is 2.55. The summed E-state index contributed by atoms with van der Waals surface area (Å²) < 4.78 is 0.983. The molecule has 0 aromatic heterocycles. The minimum absolute atomic E-state index is 0.337. The number of quaternary nitrogens is 1. The van der Waals surface area contributed by atoms with E-state index in [-0.39, 0.29) is 0 Å². The summed E-state index contributed by atoms with van der Waals surface area (Å²) in [4.78, 5) is 10.4. The van der Waals surface area contributed by atoms with Gasteiger partial charge in [0.25, 0.3) is 0 Å². The van der Waals surface area contributed by atoms with Gasteiger partial charge in [-0.15, -0.1) is 0 Å². The van der Waals surface area contributed by atoms with Gasteiger partial charge in [-0.2, -0.15) is 0 Å². The summed E-state index contributed by atoms with van der Waals surface area (Å²) in [7, 11) is 2.18. The average molecular weight is 199 g/mol. The van der Waals surface area contributed by atoms with Gasteiger partial charge in [0.1, 0.15) is 0 Å². The van der Waals surface area contributed by atoms with E-state index in [1.54, 1.807) is 13.0 Å². The van der Waals surface area contributed by atoms with Crippen molar-refractivity contribution in [2.75, 3.05) is 26.7 Å². The van der Waals surface area contributed by atoms with Crippen LogP contribution in [0.5, 0.6) is 0 Å². The molecule has 0 aromatic rings. The lowest BCUT2D eigenvalue weighted by molar-refractivity contribution is -0.905. The quantitative estimate of drug-likeness (QED) is 0.463. The lowest BCUT2D eigenvalue weighted by Gasteiger charge is -2.31. The molecule has 0 amide bonds. The topological polar surface area (TPSA) is 40.1 Å². The highest BCUT2D eigenvalue weighted by molar-refractivity contribution is 5.83. The van der Waals surface area contributed by atoms with Gasteiger partial charge in [-0.3, -0.25) is 0 Å². The number of aliphatic carboxylic acids is 1. The molecule has 3 heteroatoms. The second-order valence-electron chi connectivity index (χ2n) is 3.94. The third-order valence-electron chi connectivity index (χ3n) is 2.97. The number of hydrogen-bond donors (Lipinski definition) is 0. The van der Waals surface area contributed by atoms with Crippen LogP contribution in [0.2, 0.25) is 0 Å². The first-order chi connectivity index (χ1) is 6.45. The molecule has 0 fully saturated rings. The minimum Gasteiger partial charge on any atom is -0.545 e. The van der Waals surface area contributed by atoms with Crippen LogP contribution in [0.15, 0.2) is 11.6 Å². The van der Waals surface area contributed by atoms with Gasteiger partial charge in [-0.1, -0.05) is 6.08 Å². The second kappa shape index (κ2) is 5.81. The van der Waals surface area contributed by atoms with Crippen LogP contribution in [0, 0.1) is 0 Å². The maximum Gasteiger partial charge on any atom is 0.0819 e. The van der Waals surface area contributed by atoms with Crippen LogP contribution in [0.25, 0.3) is 0 Å². The Morgan fingerprint density at radius 3 is 2.21 bits per heavy atom. The van der Waals surface area contributed by atoms with E-state index in [4.69, 9.17) is 0 Å². The third kappa shape index (κ3) is 4.42. The van der Waals surface area contributed by atoms with Crippen molar-refractivity contribution in [2.45, 2.75) is 27.2 Å². The zero-order chi connectivity index (χ0) is 11.2. The molecule has 3 nitrogen and oxygen atoms in total. The fourth-order valence-corrected chi connectivity index (χ4v) is 1.22. The van der Waals surface area contributed by atoms with Crippen LogP contribution >= 0.6 is 0 Å². The van der Waals surface area contributed by atoms with E-state index in [1.807, 2.05) is 0 Å². The van der Waals surface area contributed by atoms with E-state index in [2.05, 4.69) is 20.9 Å². The first kappa shape index (κ1) is 13.2. The molecule has 0 aromatic carbocycles. The highest BCUT2D eigenvalue weighted by atomic mass is 16.4. The zero-order valence-corrected chi connectivity index (χ0v) is 9.67. The molecule has 0 saturated heterocycles. The maximum atomic E-state index is 10.4. The number of carboxylic acids is 1. The highest BCUT2D eigenvalue weighted by Crippen LogP contribution is 2.04. The Morgan fingerprint density at radius 1 is 1.36 bits per heavy atom. The van der Waals surface area contributed by atoms with E-state index in [9.17, 15) is 9.90 Å². The Hall–Kier alpha value is -0.830. The van der Waals surface area contributed by atoms with Crippen LogP contribution in [0.1, 0.15) is 27.2 Å². The van der Waals surface area contributed by atoms with Crippen molar-refractivity contribution in [3.63, 3.8) is 0 Å². The SMILES string of the molecule is CC[N+](C)(CC)CCC=C(C)C(=O)[O-]. The van der Waals surface area contributed by atoms with Gasteiger partial charge in [-0.05, 0) is 26.3 Å². The van der Waals surface area contributed by atoms with E-state index in [0.29, 0.717) is 5.57 Å². The van der Waals surface area contributed by atoms with Gasteiger partial charge in [-0.25, -0.2) is 0 Å². The molecular formula is C11H21NO2. The van der Waals surface area contributed by atoms with Crippen molar-refractivity contribution in [2.24, 2.45) is 0 Å². The smallest absolute Gasteiger partial charge is 0.0819 e. The van der Waals surface area contributed by atoms with Gasteiger partial charge in [0.05, 0.1) is 32.7 Å². The minimum atomic E-state index is -1.06. The zero-order valence-electron chi connectivity index (χ0n) is 9.67. The molecule has 0 unspecified atom stereocenters. The maximum absolute atomic E-state index is 10.4. The Labute approximate surface area is 86.6 Å². The predicted octanol–water partition coefficient (Wildman–Crippen LogP) is 0.559. The number of nitrogens with zero attached hydrogens (tertiary/aromatic N) is 1. The van der Waals surface area contributed by atoms with E-state index < -0.39 is 5.97 Å². The molecule has 0 aliphatic rings. The molecule has 0 saturated carbocycles. The summed E-state index contributed by atoms with van der Waals surface area (Å²) >= 11 is 0. The molecule has 14 heavy (non-hydrogen) atoms. The Morgan fingerprint density at radius 2 is 1.86 bits per heavy atom. The van der Waals surface area contributed by atoms with Crippen molar-refractivity contribution in [3.8, 4) is 0 Å². The lowest BCUT2D eigenvalue weighted by atomic mass is 10.2. The third-order valence-corrected chi connectivity index (χ3v) is 2.97. The van der Waals surface area contributed by atoms with Crippen LogP contribution < -0.4 is 5.11 Å². The van der Waals surface area contributed by atoms with Crippen molar-refractivity contribution in [3.05, 3.63) is 11.6 Å². The number of rotatable bonds is 6. The summed E-state index contributed by atoms with van der Waals surface area (Å²) in [6, 6.07) is 0. The fraction of sp³-hybridized carbons (Fsp3) is 0.727. The molecule has 0 spiro atoms. The Bertz CT molecular complexity index is 217. The molecule has 0 atom stereocenters. The van der Waals surface area contributed by atoms with Gasteiger partial charge in [0.15, 0.2) is 0 Å². The van der Waals surface area contributed by atoms with E-state index in [1.165, 1.54) is 0 Å². The Kier molecular flexibility index (Phi) is 5.46. The molecule has 0 radical (unpaired) electrons. The van der Waals surface area contributed by atoms with Gasteiger partial charge < -0.3 is 14.4 Å². The predicted molar refractivity (Wildman–Crippen MR) is 55.5 cm³/mol. The molecule has 0 aliphatic heterocycles. The molecule has 0 heterocycles. The standard InChI is InChI=1S/C11H21NO2/c1-5-12(4,6-2)9-7-8-10(3)11(13)14/h8H,5-7,9H2,1-4H3. The second-order valence-corrected chi connectivity index (χ2v) is 3.94. The largest absolute Gasteiger partial charge is 0.545 e.